The number of hydrogen-bond acceptors (Lipinski definition) is 30. The largest absolute Gasteiger partial charge is 0.458 e. The van der Waals surface area contributed by atoms with Crippen molar-refractivity contribution in [3.8, 4) is 0 Å². The Labute approximate surface area is 628 Å². The zero-order chi connectivity index (χ0) is 74.5. The molecule has 578 valence electrons. The number of rotatable bonds is 35. The lowest BCUT2D eigenvalue weighted by Crippen LogP contribution is -2.54. The summed E-state index contributed by atoms with van der Waals surface area (Å²) in [6.07, 6.45) is 3.21. The average molecular weight is 1490 g/mol. The Kier molecular flexibility index (Phi) is 30.4. The minimum Gasteiger partial charge on any atom is -0.458 e. The van der Waals surface area contributed by atoms with Crippen molar-refractivity contribution >= 4 is 35.8 Å². The SMILES string of the molecule is O=C(OC[C@H](OC(=O)c1ccc(CCN2CCOCC2)nc1)[C@H](OC(=O)c1ccc(CCN2CCOCC2)nc1)[C@H](OC(=O)c1ccc(CCN2CCOCC2)nc1)[C@@H](COC(=O)c1ccc(CCN2CCOCC2)nc1)OC(=O)c1ccc(CCN2CCOCC2)nc1)c1ccc(CCN2CCOCC2)nc1. The molecular weight excluding hydrogens is 1390 g/mol. The van der Waals surface area contributed by atoms with E-state index in [0.29, 0.717) is 191 Å². The van der Waals surface area contributed by atoms with Gasteiger partial charge in [-0.1, -0.05) is 0 Å². The molecule has 0 aromatic carbocycles. The second-order valence-corrected chi connectivity index (χ2v) is 27.3. The van der Waals surface area contributed by atoms with Crippen molar-refractivity contribution in [2.45, 2.75) is 62.9 Å². The maximum atomic E-state index is 15.4. The van der Waals surface area contributed by atoms with Crippen LogP contribution in [-0.2, 0) is 95.4 Å². The first kappa shape index (κ1) is 78.8. The zero-order valence-electron chi connectivity index (χ0n) is 61.3. The lowest BCUT2D eigenvalue weighted by molar-refractivity contribution is -0.138. The number of pyridine rings is 6. The summed E-state index contributed by atoms with van der Waals surface area (Å²) in [4.78, 5) is 131. The Hall–Kier alpha value is -8.76. The minimum atomic E-state index is -2.13. The summed E-state index contributed by atoms with van der Waals surface area (Å²) in [5.41, 5.74) is 3.80. The number of ether oxygens (including phenoxy) is 12. The van der Waals surface area contributed by atoms with Crippen LogP contribution < -0.4 is 0 Å². The molecular formula is C78H98N12O18. The first-order valence-corrected chi connectivity index (χ1v) is 37.7. The predicted octanol–water partition coefficient (Wildman–Crippen LogP) is 3.22. The molecule has 30 nitrogen and oxygen atoms in total. The molecule has 30 heteroatoms. The summed E-state index contributed by atoms with van der Waals surface area (Å²) in [5, 5.41) is 0. The van der Waals surface area contributed by atoms with Gasteiger partial charge in [0.15, 0.2) is 24.4 Å². The summed E-state index contributed by atoms with van der Waals surface area (Å²) in [6, 6.07) is 19.4. The summed E-state index contributed by atoms with van der Waals surface area (Å²) in [6.45, 7) is 18.9. The van der Waals surface area contributed by atoms with Crippen LogP contribution in [0.3, 0.4) is 0 Å². The molecule has 12 heterocycles. The van der Waals surface area contributed by atoms with Crippen LogP contribution in [0.15, 0.2) is 110 Å². The van der Waals surface area contributed by atoms with E-state index in [1.165, 1.54) is 61.4 Å². The fourth-order valence-electron chi connectivity index (χ4n) is 13.1. The van der Waals surface area contributed by atoms with Gasteiger partial charge in [0.2, 0.25) is 0 Å². The van der Waals surface area contributed by atoms with Crippen LogP contribution in [0.1, 0.15) is 96.3 Å². The van der Waals surface area contributed by atoms with Gasteiger partial charge in [0.1, 0.15) is 13.2 Å². The van der Waals surface area contributed by atoms with Crippen LogP contribution in [-0.4, -0.2) is 330 Å². The average Bonchev–Trinajstić information content (AvgIpc) is 0.801. The predicted molar refractivity (Wildman–Crippen MR) is 389 cm³/mol. The molecule has 0 bridgehead atoms. The van der Waals surface area contributed by atoms with Gasteiger partial charge in [-0.2, -0.15) is 0 Å². The summed E-state index contributed by atoms with van der Waals surface area (Å²) in [5.74, 6) is -6.11. The molecule has 12 rings (SSSR count). The second kappa shape index (κ2) is 41.7. The van der Waals surface area contributed by atoms with Gasteiger partial charge < -0.3 is 56.8 Å². The second-order valence-electron chi connectivity index (χ2n) is 27.3. The van der Waals surface area contributed by atoms with Gasteiger partial charge >= 0.3 is 35.8 Å². The molecule has 0 saturated carbocycles. The number of aromatic nitrogens is 6. The fraction of sp³-hybridized carbons (Fsp3) is 0.538. The molecule has 108 heavy (non-hydrogen) atoms. The Morgan fingerprint density at radius 3 is 0.639 bits per heavy atom. The molecule has 0 aliphatic carbocycles. The summed E-state index contributed by atoms with van der Waals surface area (Å²) in [7, 11) is 0. The molecule has 0 amide bonds. The van der Waals surface area contributed by atoms with Crippen molar-refractivity contribution in [2.24, 2.45) is 0 Å². The lowest BCUT2D eigenvalue weighted by atomic mass is 10.0. The van der Waals surface area contributed by atoms with Crippen molar-refractivity contribution < 1.29 is 85.6 Å². The van der Waals surface area contributed by atoms with Gasteiger partial charge in [0.25, 0.3) is 0 Å². The van der Waals surface area contributed by atoms with E-state index in [9.17, 15) is 9.59 Å². The molecule has 6 aliphatic heterocycles. The molecule has 4 atom stereocenters. The van der Waals surface area contributed by atoms with Crippen LogP contribution in [0.4, 0.5) is 0 Å². The van der Waals surface area contributed by atoms with E-state index in [1.54, 1.807) is 48.5 Å². The smallest absolute Gasteiger partial charge is 0.340 e. The number of morpholine rings is 6. The van der Waals surface area contributed by atoms with Crippen molar-refractivity contribution in [1.29, 1.82) is 0 Å². The van der Waals surface area contributed by atoms with Gasteiger partial charge in [-0.05, 0) is 72.8 Å². The van der Waals surface area contributed by atoms with Gasteiger partial charge in [-0.15, -0.1) is 0 Å². The highest BCUT2D eigenvalue weighted by Gasteiger charge is 2.47. The van der Waals surface area contributed by atoms with Gasteiger partial charge in [-0.25, -0.2) is 28.8 Å². The van der Waals surface area contributed by atoms with E-state index in [4.69, 9.17) is 56.8 Å². The maximum Gasteiger partial charge on any atom is 0.340 e. The maximum absolute atomic E-state index is 15.4. The first-order chi connectivity index (χ1) is 53.0. The Morgan fingerprint density at radius 1 is 0.269 bits per heavy atom. The first-order valence-electron chi connectivity index (χ1n) is 37.7. The highest BCUT2D eigenvalue weighted by Crippen LogP contribution is 2.26. The van der Waals surface area contributed by atoms with E-state index >= 15 is 19.2 Å². The summed E-state index contributed by atoms with van der Waals surface area (Å²) < 4.78 is 71.7. The quantitative estimate of drug-likeness (QED) is 0.0407. The standard InChI is InChI=1S/C78H98N12O18/c91-73(57-1-7-63(79-49-57)13-19-85-25-37-97-38-26-85)103-55-69(105-75(93)59-3-9-65(81-51-59)15-21-87-29-41-99-42-30-87)71(107-77(95)61-5-11-67(83-53-61)17-23-89-33-45-101-46-34-89)72(108-78(96)62-6-12-68(84-54-62)18-24-90-35-47-102-48-36-90)70(106-76(94)60-4-10-66(82-52-60)16-22-88-31-43-100-44-32-88)56-104-74(92)58-2-8-64(80-50-58)14-20-86-27-39-98-40-28-86/h1-12,49-54,69-72H,13-48,55-56H2/t69-,70+,71-,72+. The highest BCUT2D eigenvalue weighted by molar-refractivity contribution is 5.92. The molecule has 6 saturated heterocycles. The van der Waals surface area contributed by atoms with Gasteiger partial charge in [0, 0.05) is 228 Å². The molecule has 0 spiro atoms. The van der Waals surface area contributed by atoms with E-state index in [0.717, 1.165) is 78.5 Å². The highest BCUT2D eigenvalue weighted by atomic mass is 16.6. The van der Waals surface area contributed by atoms with E-state index < -0.39 is 73.4 Å². The third kappa shape index (κ3) is 24.6. The monoisotopic (exact) mass is 1490 g/mol. The third-order valence-corrected chi connectivity index (χ3v) is 19.9. The van der Waals surface area contributed by atoms with Gasteiger partial charge in [-0.3, -0.25) is 59.3 Å². The molecule has 6 aromatic rings. The Morgan fingerprint density at radius 2 is 0.454 bits per heavy atom. The van der Waals surface area contributed by atoms with E-state index in [-0.39, 0.29) is 33.4 Å². The minimum absolute atomic E-state index is 0.0170. The van der Waals surface area contributed by atoms with Crippen LogP contribution in [0.2, 0.25) is 0 Å². The number of carbonyl (C=O) groups excluding carboxylic acids is 6. The number of carbonyl (C=O) groups is 6. The van der Waals surface area contributed by atoms with Crippen LogP contribution >= 0.6 is 0 Å². The van der Waals surface area contributed by atoms with Crippen molar-refractivity contribution in [1.82, 2.24) is 59.3 Å². The molecule has 0 radical (unpaired) electrons. The lowest BCUT2D eigenvalue weighted by Gasteiger charge is -2.35. The number of esters is 6. The molecule has 6 aromatic heterocycles. The van der Waals surface area contributed by atoms with E-state index in [1.807, 2.05) is 0 Å². The summed E-state index contributed by atoms with van der Waals surface area (Å²) >= 11 is 0. The van der Waals surface area contributed by atoms with Crippen LogP contribution in [0.5, 0.6) is 0 Å². The number of hydrogen-bond donors (Lipinski definition) is 0. The van der Waals surface area contributed by atoms with Crippen molar-refractivity contribution in [2.75, 3.05) is 210 Å². The zero-order valence-corrected chi connectivity index (χ0v) is 61.3. The molecule has 0 unspecified atom stereocenters. The Balaban J connectivity index is 0.913. The normalized spacial score (nSPS) is 18.6. The topological polar surface area (TPSA) is 310 Å². The molecule has 6 fully saturated rings. The van der Waals surface area contributed by atoms with Crippen LogP contribution in [0.25, 0.3) is 0 Å². The molecule has 0 N–H and O–H groups in total. The fourth-order valence-corrected chi connectivity index (χ4v) is 13.1. The van der Waals surface area contributed by atoms with Crippen molar-refractivity contribution in [3.63, 3.8) is 0 Å². The van der Waals surface area contributed by atoms with Gasteiger partial charge in [0.05, 0.1) is 113 Å². The van der Waals surface area contributed by atoms with Crippen LogP contribution in [0, 0.1) is 0 Å². The third-order valence-electron chi connectivity index (χ3n) is 19.9. The Bertz CT molecular complexity index is 3530. The van der Waals surface area contributed by atoms with E-state index in [2.05, 4.69) is 59.3 Å². The molecule has 6 aliphatic rings. The van der Waals surface area contributed by atoms with Crippen molar-refractivity contribution in [3.05, 3.63) is 178 Å². The number of nitrogens with zero attached hydrogens (tertiary/aromatic N) is 12.